The van der Waals surface area contributed by atoms with Crippen LogP contribution in [0.3, 0.4) is 0 Å². The standard InChI is InChI=1S/C11H16ClNO2/c1-2-6-14-7-8-15-9-10-4-3-5-11(12)13-10/h3-5H,2,6-9H2,1H3. The van der Waals surface area contributed by atoms with E-state index < -0.39 is 0 Å². The summed E-state index contributed by atoms with van der Waals surface area (Å²) < 4.78 is 10.6. The highest BCUT2D eigenvalue weighted by Gasteiger charge is 1.95. The lowest BCUT2D eigenvalue weighted by molar-refractivity contribution is 0.0397. The summed E-state index contributed by atoms with van der Waals surface area (Å²) in [5.41, 5.74) is 0.845. The van der Waals surface area contributed by atoms with Crippen LogP contribution in [0.2, 0.25) is 5.15 Å². The second kappa shape index (κ2) is 7.63. The van der Waals surface area contributed by atoms with E-state index in [1.165, 1.54) is 0 Å². The lowest BCUT2D eigenvalue weighted by Gasteiger charge is -2.04. The molecule has 0 aliphatic rings. The van der Waals surface area contributed by atoms with Crippen LogP contribution in [-0.2, 0) is 16.1 Å². The van der Waals surface area contributed by atoms with Crippen molar-refractivity contribution < 1.29 is 9.47 Å². The van der Waals surface area contributed by atoms with E-state index in [1.54, 1.807) is 6.07 Å². The molecule has 3 nitrogen and oxygen atoms in total. The molecule has 1 rings (SSSR count). The minimum Gasteiger partial charge on any atom is -0.379 e. The van der Waals surface area contributed by atoms with Gasteiger partial charge in [0, 0.05) is 6.61 Å². The Bertz CT molecular complexity index is 281. The molecule has 0 spiro atoms. The Labute approximate surface area is 95.4 Å². The van der Waals surface area contributed by atoms with Crippen molar-refractivity contribution in [1.82, 2.24) is 4.98 Å². The maximum atomic E-state index is 5.73. The fraction of sp³-hybridized carbons (Fsp3) is 0.545. The Morgan fingerprint density at radius 2 is 2.00 bits per heavy atom. The van der Waals surface area contributed by atoms with Gasteiger partial charge in [0.2, 0.25) is 0 Å². The highest BCUT2D eigenvalue weighted by atomic mass is 35.5. The van der Waals surface area contributed by atoms with Gasteiger partial charge in [-0.25, -0.2) is 4.98 Å². The first kappa shape index (κ1) is 12.4. The minimum absolute atomic E-state index is 0.482. The predicted molar refractivity (Wildman–Crippen MR) is 60.0 cm³/mol. The molecule has 4 heteroatoms. The zero-order chi connectivity index (χ0) is 10.9. The van der Waals surface area contributed by atoms with E-state index in [2.05, 4.69) is 11.9 Å². The third-order valence-electron chi connectivity index (χ3n) is 1.74. The summed E-state index contributed by atoms with van der Waals surface area (Å²) in [5.74, 6) is 0. The Hall–Kier alpha value is -0.640. The lowest BCUT2D eigenvalue weighted by Crippen LogP contribution is -2.05. The molecular formula is C11H16ClNO2. The molecule has 0 aliphatic heterocycles. The summed E-state index contributed by atoms with van der Waals surface area (Å²) >= 11 is 5.73. The van der Waals surface area contributed by atoms with Crippen LogP contribution in [0, 0.1) is 0 Å². The Morgan fingerprint density at radius 1 is 1.20 bits per heavy atom. The quantitative estimate of drug-likeness (QED) is 0.532. The van der Waals surface area contributed by atoms with Gasteiger partial charge < -0.3 is 9.47 Å². The van der Waals surface area contributed by atoms with Gasteiger partial charge in [-0.1, -0.05) is 24.6 Å². The molecule has 0 atom stereocenters. The van der Waals surface area contributed by atoms with Crippen molar-refractivity contribution in [2.45, 2.75) is 20.0 Å². The van der Waals surface area contributed by atoms with Crippen LogP contribution in [-0.4, -0.2) is 24.8 Å². The molecule has 0 N–H and O–H groups in total. The molecule has 0 aromatic carbocycles. The van der Waals surface area contributed by atoms with Gasteiger partial charge in [0.25, 0.3) is 0 Å². The van der Waals surface area contributed by atoms with Gasteiger partial charge in [-0.2, -0.15) is 0 Å². The van der Waals surface area contributed by atoms with Crippen molar-refractivity contribution >= 4 is 11.6 Å². The van der Waals surface area contributed by atoms with Crippen LogP contribution in [0.25, 0.3) is 0 Å². The number of ether oxygens (including phenoxy) is 2. The first-order valence-corrected chi connectivity index (χ1v) is 5.47. The summed E-state index contributed by atoms with van der Waals surface area (Å²) in [6.07, 6.45) is 1.04. The largest absolute Gasteiger partial charge is 0.379 e. The number of aromatic nitrogens is 1. The molecule has 1 aromatic rings. The van der Waals surface area contributed by atoms with Crippen molar-refractivity contribution in [3.05, 3.63) is 29.0 Å². The second-order valence-electron chi connectivity index (χ2n) is 3.12. The van der Waals surface area contributed by atoms with E-state index in [1.807, 2.05) is 12.1 Å². The molecule has 0 fully saturated rings. The smallest absolute Gasteiger partial charge is 0.129 e. The molecule has 84 valence electrons. The third kappa shape index (κ3) is 5.72. The zero-order valence-corrected chi connectivity index (χ0v) is 9.67. The van der Waals surface area contributed by atoms with Gasteiger partial charge in [0.05, 0.1) is 25.5 Å². The minimum atomic E-state index is 0.482. The van der Waals surface area contributed by atoms with Crippen LogP contribution in [0.5, 0.6) is 0 Å². The van der Waals surface area contributed by atoms with E-state index in [4.69, 9.17) is 21.1 Å². The number of hydrogen-bond acceptors (Lipinski definition) is 3. The molecular weight excluding hydrogens is 214 g/mol. The monoisotopic (exact) mass is 229 g/mol. The van der Waals surface area contributed by atoms with Crippen molar-refractivity contribution in [3.8, 4) is 0 Å². The van der Waals surface area contributed by atoms with Crippen LogP contribution in [0.4, 0.5) is 0 Å². The molecule has 1 heterocycles. The van der Waals surface area contributed by atoms with Gasteiger partial charge in [-0.15, -0.1) is 0 Å². The van der Waals surface area contributed by atoms with Crippen molar-refractivity contribution in [2.24, 2.45) is 0 Å². The average molecular weight is 230 g/mol. The first-order chi connectivity index (χ1) is 7.33. The SMILES string of the molecule is CCCOCCOCc1cccc(Cl)n1. The Kier molecular flexibility index (Phi) is 6.32. The summed E-state index contributed by atoms with van der Waals surface area (Å²) in [5, 5.41) is 0.498. The fourth-order valence-electron chi connectivity index (χ4n) is 1.07. The molecule has 0 unspecified atom stereocenters. The summed E-state index contributed by atoms with van der Waals surface area (Å²) in [7, 11) is 0. The van der Waals surface area contributed by atoms with Crippen molar-refractivity contribution in [3.63, 3.8) is 0 Å². The highest BCUT2D eigenvalue weighted by Crippen LogP contribution is 2.05. The van der Waals surface area contributed by atoms with Crippen LogP contribution in [0.15, 0.2) is 18.2 Å². The van der Waals surface area contributed by atoms with E-state index in [-0.39, 0.29) is 0 Å². The number of hydrogen-bond donors (Lipinski definition) is 0. The van der Waals surface area contributed by atoms with Gasteiger partial charge in [-0.05, 0) is 18.6 Å². The average Bonchev–Trinajstić information content (AvgIpc) is 2.23. The number of pyridine rings is 1. The third-order valence-corrected chi connectivity index (χ3v) is 1.95. The Balaban J connectivity index is 2.10. The molecule has 0 radical (unpaired) electrons. The molecule has 0 saturated carbocycles. The molecule has 0 saturated heterocycles. The fourth-order valence-corrected chi connectivity index (χ4v) is 1.25. The van der Waals surface area contributed by atoms with Crippen LogP contribution < -0.4 is 0 Å². The normalized spacial score (nSPS) is 10.5. The molecule has 0 bridgehead atoms. The number of nitrogens with zero attached hydrogens (tertiary/aromatic N) is 1. The topological polar surface area (TPSA) is 31.4 Å². The van der Waals surface area contributed by atoms with E-state index >= 15 is 0 Å². The molecule has 0 aliphatic carbocycles. The van der Waals surface area contributed by atoms with E-state index in [9.17, 15) is 0 Å². The maximum absolute atomic E-state index is 5.73. The van der Waals surface area contributed by atoms with E-state index in [0.717, 1.165) is 18.7 Å². The summed E-state index contributed by atoms with van der Waals surface area (Å²) in [6.45, 7) is 4.58. The molecule has 0 amide bonds. The highest BCUT2D eigenvalue weighted by molar-refractivity contribution is 6.29. The van der Waals surface area contributed by atoms with Gasteiger partial charge in [-0.3, -0.25) is 0 Å². The van der Waals surface area contributed by atoms with Crippen molar-refractivity contribution in [1.29, 1.82) is 0 Å². The number of halogens is 1. The van der Waals surface area contributed by atoms with Crippen molar-refractivity contribution in [2.75, 3.05) is 19.8 Å². The van der Waals surface area contributed by atoms with Gasteiger partial charge in [0.15, 0.2) is 0 Å². The maximum Gasteiger partial charge on any atom is 0.129 e. The lowest BCUT2D eigenvalue weighted by atomic mass is 10.4. The van der Waals surface area contributed by atoms with E-state index in [0.29, 0.717) is 25.0 Å². The van der Waals surface area contributed by atoms with Crippen LogP contribution in [0.1, 0.15) is 19.0 Å². The summed E-state index contributed by atoms with van der Waals surface area (Å²) in [6, 6.07) is 5.50. The Morgan fingerprint density at radius 3 is 2.73 bits per heavy atom. The number of rotatable bonds is 7. The van der Waals surface area contributed by atoms with Crippen LogP contribution >= 0.6 is 11.6 Å². The first-order valence-electron chi connectivity index (χ1n) is 5.10. The van der Waals surface area contributed by atoms with Gasteiger partial charge in [0.1, 0.15) is 5.15 Å². The molecule has 15 heavy (non-hydrogen) atoms. The molecule has 1 aromatic heterocycles. The second-order valence-corrected chi connectivity index (χ2v) is 3.50. The summed E-state index contributed by atoms with van der Waals surface area (Å²) in [4.78, 5) is 4.11. The predicted octanol–water partition coefficient (Wildman–Crippen LogP) is 2.68. The zero-order valence-electron chi connectivity index (χ0n) is 8.91. The van der Waals surface area contributed by atoms with Gasteiger partial charge >= 0.3 is 0 Å².